The summed E-state index contributed by atoms with van der Waals surface area (Å²) >= 11 is 0. The summed E-state index contributed by atoms with van der Waals surface area (Å²) in [6.07, 6.45) is 1.30. The van der Waals surface area contributed by atoms with Crippen LogP contribution in [0, 0.1) is 5.41 Å². The van der Waals surface area contributed by atoms with Crippen molar-refractivity contribution in [1.82, 2.24) is 5.32 Å². The Morgan fingerprint density at radius 2 is 2.12 bits per heavy atom. The van der Waals surface area contributed by atoms with Crippen molar-refractivity contribution in [1.29, 1.82) is 0 Å². The van der Waals surface area contributed by atoms with E-state index in [4.69, 9.17) is 0 Å². The third-order valence-corrected chi connectivity index (χ3v) is 4.73. The van der Waals surface area contributed by atoms with Gasteiger partial charge in [0.15, 0.2) is 0 Å². The van der Waals surface area contributed by atoms with E-state index in [1.165, 1.54) is 12.3 Å². The number of rotatable bonds is 1. The highest BCUT2D eigenvalue weighted by atomic mass is 15.1. The molecule has 0 bridgehead atoms. The molecule has 2 nitrogen and oxygen atoms in total. The molecule has 3 unspecified atom stereocenters. The topological polar surface area (TPSA) is 24.4 Å². The highest BCUT2D eigenvalue weighted by Gasteiger charge is 2.66. The summed E-state index contributed by atoms with van der Waals surface area (Å²) in [5, 5.41) is 3.50. The van der Waals surface area contributed by atoms with Crippen LogP contribution in [0.2, 0.25) is 0 Å². The molecular weight excluding hydrogens is 196 g/mol. The summed E-state index contributed by atoms with van der Waals surface area (Å²) in [6.45, 7) is 4.37. The van der Waals surface area contributed by atoms with E-state index in [1.54, 1.807) is 11.1 Å². The first-order chi connectivity index (χ1) is 7.84. The molecule has 0 spiro atoms. The number of hydrogen-bond acceptors (Lipinski definition) is 2. The van der Waals surface area contributed by atoms with Crippen LogP contribution >= 0.6 is 0 Å². The average Bonchev–Trinajstić information content (AvgIpc) is 2.73. The monoisotopic (exact) mass is 212 g/mol. The molecule has 4 rings (SSSR count). The highest BCUT2D eigenvalue weighted by molar-refractivity contribution is 5.96. The standard InChI is InChI=1S/C14H16N2/c1-9-10-4-2-3-5-11(10)12-8-14(9,12)13-15-6-7-16-13/h2-5,9,12H,6-8H2,1H3,(H,15,16). The molecule has 16 heavy (non-hydrogen) atoms. The SMILES string of the molecule is CC1c2ccccc2C2CC12C1=NCCN1. The van der Waals surface area contributed by atoms with Crippen LogP contribution in [0.5, 0.6) is 0 Å². The van der Waals surface area contributed by atoms with E-state index in [2.05, 4.69) is 41.5 Å². The summed E-state index contributed by atoms with van der Waals surface area (Å²) in [4.78, 5) is 4.67. The van der Waals surface area contributed by atoms with E-state index in [0.29, 0.717) is 11.3 Å². The van der Waals surface area contributed by atoms with Gasteiger partial charge >= 0.3 is 0 Å². The molecule has 0 radical (unpaired) electrons. The second kappa shape index (κ2) is 2.68. The lowest BCUT2D eigenvalue weighted by Crippen LogP contribution is -2.31. The molecule has 1 N–H and O–H groups in total. The lowest BCUT2D eigenvalue weighted by atomic mass is 9.87. The molecule has 1 fully saturated rings. The van der Waals surface area contributed by atoms with Gasteiger partial charge in [-0.25, -0.2) is 0 Å². The number of nitrogens with one attached hydrogen (secondary N) is 1. The van der Waals surface area contributed by atoms with Crippen LogP contribution in [-0.2, 0) is 0 Å². The van der Waals surface area contributed by atoms with Crippen molar-refractivity contribution in [2.75, 3.05) is 13.1 Å². The van der Waals surface area contributed by atoms with E-state index in [-0.39, 0.29) is 0 Å². The summed E-state index contributed by atoms with van der Waals surface area (Å²) < 4.78 is 0. The van der Waals surface area contributed by atoms with Crippen molar-refractivity contribution < 1.29 is 0 Å². The van der Waals surface area contributed by atoms with Crippen molar-refractivity contribution in [3.8, 4) is 0 Å². The van der Waals surface area contributed by atoms with Crippen LogP contribution in [0.25, 0.3) is 0 Å². The predicted octanol–water partition coefficient (Wildman–Crippen LogP) is 2.28. The van der Waals surface area contributed by atoms with Crippen LogP contribution in [0.3, 0.4) is 0 Å². The van der Waals surface area contributed by atoms with Crippen molar-refractivity contribution in [3.05, 3.63) is 35.4 Å². The van der Waals surface area contributed by atoms with Crippen LogP contribution < -0.4 is 5.32 Å². The van der Waals surface area contributed by atoms with Gasteiger partial charge in [-0.05, 0) is 29.4 Å². The number of nitrogens with zero attached hydrogens (tertiary/aromatic N) is 1. The summed E-state index contributed by atoms with van der Waals surface area (Å²) in [5.74, 6) is 2.67. The lowest BCUT2D eigenvalue weighted by molar-refractivity contribution is 0.568. The first-order valence-electron chi connectivity index (χ1n) is 6.21. The molecule has 2 aliphatic carbocycles. The van der Waals surface area contributed by atoms with E-state index in [0.717, 1.165) is 19.0 Å². The fourth-order valence-corrected chi connectivity index (χ4v) is 3.82. The normalized spacial score (nSPS) is 38.7. The van der Waals surface area contributed by atoms with E-state index in [9.17, 15) is 0 Å². The number of hydrogen-bond donors (Lipinski definition) is 1. The Morgan fingerprint density at radius 3 is 2.81 bits per heavy atom. The summed E-state index contributed by atoms with van der Waals surface area (Å²) in [5.41, 5.74) is 3.47. The minimum Gasteiger partial charge on any atom is -0.371 e. The molecule has 3 atom stereocenters. The zero-order chi connectivity index (χ0) is 10.8. The van der Waals surface area contributed by atoms with Crippen LogP contribution in [0.15, 0.2) is 29.3 Å². The molecule has 1 saturated carbocycles. The Morgan fingerprint density at radius 1 is 1.31 bits per heavy atom. The third-order valence-electron chi connectivity index (χ3n) is 4.73. The molecule has 0 amide bonds. The van der Waals surface area contributed by atoms with Crippen molar-refractivity contribution in [3.63, 3.8) is 0 Å². The Balaban J connectivity index is 1.83. The van der Waals surface area contributed by atoms with Crippen molar-refractivity contribution in [2.45, 2.75) is 25.2 Å². The second-order valence-corrected chi connectivity index (χ2v) is 5.30. The molecular formula is C14H16N2. The average molecular weight is 212 g/mol. The zero-order valence-corrected chi connectivity index (χ0v) is 9.53. The van der Waals surface area contributed by atoms with Crippen LogP contribution in [0.4, 0.5) is 0 Å². The van der Waals surface area contributed by atoms with Gasteiger partial charge in [0.05, 0.1) is 6.54 Å². The van der Waals surface area contributed by atoms with Gasteiger partial charge in [-0.3, -0.25) is 4.99 Å². The van der Waals surface area contributed by atoms with Gasteiger partial charge in [0.2, 0.25) is 0 Å². The van der Waals surface area contributed by atoms with E-state index in [1.807, 2.05) is 0 Å². The van der Waals surface area contributed by atoms with Gasteiger partial charge in [-0.2, -0.15) is 0 Å². The second-order valence-electron chi connectivity index (χ2n) is 5.30. The number of aliphatic imine (C=N–C) groups is 1. The number of benzene rings is 1. The van der Waals surface area contributed by atoms with Crippen molar-refractivity contribution in [2.24, 2.45) is 10.4 Å². The molecule has 82 valence electrons. The summed E-state index contributed by atoms with van der Waals surface area (Å²) in [7, 11) is 0. The molecule has 1 aromatic carbocycles. The van der Waals surface area contributed by atoms with Crippen LogP contribution in [0.1, 0.15) is 36.3 Å². The van der Waals surface area contributed by atoms with Gasteiger partial charge in [-0.1, -0.05) is 31.2 Å². The largest absolute Gasteiger partial charge is 0.371 e. The maximum atomic E-state index is 4.67. The fraction of sp³-hybridized carbons (Fsp3) is 0.500. The Bertz CT molecular complexity index is 476. The highest BCUT2D eigenvalue weighted by Crippen LogP contribution is 2.72. The Hall–Kier alpha value is -1.31. The first kappa shape index (κ1) is 8.80. The molecule has 2 heteroatoms. The summed E-state index contributed by atoms with van der Waals surface area (Å²) in [6, 6.07) is 8.94. The first-order valence-corrected chi connectivity index (χ1v) is 6.21. The van der Waals surface area contributed by atoms with Gasteiger partial charge in [0.1, 0.15) is 5.84 Å². The fourth-order valence-electron chi connectivity index (χ4n) is 3.82. The molecule has 3 aliphatic rings. The minimum absolute atomic E-state index is 0.347. The molecule has 1 aliphatic heterocycles. The quantitative estimate of drug-likeness (QED) is 0.758. The van der Waals surface area contributed by atoms with Crippen LogP contribution in [-0.4, -0.2) is 18.9 Å². The maximum absolute atomic E-state index is 4.67. The predicted molar refractivity (Wildman–Crippen MR) is 65.0 cm³/mol. The minimum atomic E-state index is 0.347. The Kier molecular flexibility index (Phi) is 1.47. The molecule has 1 aromatic rings. The third kappa shape index (κ3) is 0.831. The van der Waals surface area contributed by atoms with E-state index >= 15 is 0 Å². The van der Waals surface area contributed by atoms with Gasteiger partial charge in [-0.15, -0.1) is 0 Å². The smallest absolute Gasteiger partial charge is 0.104 e. The Labute approximate surface area is 95.8 Å². The van der Waals surface area contributed by atoms with Gasteiger partial charge in [0, 0.05) is 12.0 Å². The maximum Gasteiger partial charge on any atom is 0.104 e. The van der Waals surface area contributed by atoms with Gasteiger partial charge < -0.3 is 5.32 Å². The zero-order valence-electron chi connectivity index (χ0n) is 9.53. The molecule has 1 heterocycles. The molecule has 0 saturated heterocycles. The number of fused-ring (bicyclic) bond motifs is 3. The lowest BCUT2D eigenvalue weighted by Gasteiger charge is -2.20. The van der Waals surface area contributed by atoms with Crippen molar-refractivity contribution >= 4 is 5.84 Å². The van der Waals surface area contributed by atoms with Gasteiger partial charge in [0.25, 0.3) is 0 Å². The number of amidine groups is 1. The molecule has 0 aromatic heterocycles. The van der Waals surface area contributed by atoms with E-state index < -0.39 is 0 Å².